The van der Waals surface area contributed by atoms with E-state index in [1.54, 1.807) is 0 Å². The molecule has 5 heteroatoms. The van der Waals surface area contributed by atoms with Crippen molar-refractivity contribution in [3.8, 4) is 0 Å². The molecule has 1 saturated carbocycles. The average Bonchev–Trinajstić information content (AvgIpc) is 3.08. The van der Waals surface area contributed by atoms with Gasteiger partial charge in [0.05, 0.1) is 0 Å². The van der Waals surface area contributed by atoms with Crippen LogP contribution < -0.4 is 10.2 Å². The molecule has 4 nitrogen and oxygen atoms in total. The minimum Gasteiger partial charge on any atom is -0.371 e. The molecule has 1 heterocycles. The number of hydrogen-bond donors (Lipinski definition) is 1. The van der Waals surface area contributed by atoms with Crippen LogP contribution in [0.1, 0.15) is 51.4 Å². The van der Waals surface area contributed by atoms with Crippen molar-refractivity contribution >= 4 is 11.7 Å². The first-order valence-electron chi connectivity index (χ1n) is 10.1. The summed E-state index contributed by atoms with van der Waals surface area (Å²) >= 11 is 0. The molecule has 1 aliphatic carbocycles. The highest BCUT2D eigenvalue weighted by Crippen LogP contribution is 2.24. The van der Waals surface area contributed by atoms with Crippen molar-refractivity contribution in [3.05, 3.63) is 30.1 Å². The summed E-state index contributed by atoms with van der Waals surface area (Å²) in [5, 5.41) is 3.14. The second kappa shape index (κ2) is 9.24. The van der Waals surface area contributed by atoms with Crippen LogP contribution in [-0.2, 0) is 0 Å². The van der Waals surface area contributed by atoms with Gasteiger partial charge in [0.15, 0.2) is 0 Å². The van der Waals surface area contributed by atoms with Gasteiger partial charge in [0.1, 0.15) is 5.82 Å². The molecule has 2 amide bonds. The Morgan fingerprint density at radius 2 is 1.77 bits per heavy atom. The van der Waals surface area contributed by atoms with Crippen LogP contribution in [0.5, 0.6) is 0 Å². The molecule has 0 aromatic heterocycles. The van der Waals surface area contributed by atoms with E-state index in [-0.39, 0.29) is 11.8 Å². The second-order valence-electron chi connectivity index (χ2n) is 7.87. The largest absolute Gasteiger partial charge is 0.371 e. The van der Waals surface area contributed by atoms with Crippen molar-refractivity contribution < 1.29 is 9.18 Å². The van der Waals surface area contributed by atoms with Gasteiger partial charge in [-0.2, -0.15) is 0 Å². The highest BCUT2D eigenvalue weighted by molar-refractivity contribution is 5.74. The minimum atomic E-state index is -0.200. The van der Waals surface area contributed by atoms with Crippen LogP contribution in [0.3, 0.4) is 0 Å². The third kappa shape index (κ3) is 5.12. The van der Waals surface area contributed by atoms with Gasteiger partial charge in [-0.3, -0.25) is 0 Å². The first-order valence-corrected chi connectivity index (χ1v) is 10.1. The summed E-state index contributed by atoms with van der Waals surface area (Å²) in [5.41, 5.74) is 1.06. The molecule has 0 bridgehead atoms. The van der Waals surface area contributed by atoms with E-state index in [1.165, 1.54) is 44.2 Å². The number of carbonyl (C=O) groups excluding carboxylic acids is 1. The van der Waals surface area contributed by atoms with Crippen LogP contribution in [0.15, 0.2) is 24.3 Å². The van der Waals surface area contributed by atoms with Gasteiger partial charge in [-0.05, 0) is 49.4 Å². The van der Waals surface area contributed by atoms with Gasteiger partial charge in [0.25, 0.3) is 0 Å². The van der Waals surface area contributed by atoms with Gasteiger partial charge in [-0.15, -0.1) is 0 Å². The molecule has 3 rings (SSSR count). The third-order valence-corrected chi connectivity index (χ3v) is 5.96. The van der Waals surface area contributed by atoms with Crippen LogP contribution in [0.2, 0.25) is 0 Å². The van der Waals surface area contributed by atoms with Gasteiger partial charge in [0.2, 0.25) is 0 Å². The van der Waals surface area contributed by atoms with Crippen molar-refractivity contribution in [1.82, 2.24) is 10.2 Å². The van der Waals surface area contributed by atoms with E-state index in [2.05, 4.69) is 10.2 Å². The molecular formula is C21H32FN3O. The van der Waals surface area contributed by atoms with E-state index in [9.17, 15) is 9.18 Å². The summed E-state index contributed by atoms with van der Waals surface area (Å²) in [5.74, 6) is 0.253. The molecule has 2 aliphatic rings. The fraction of sp³-hybridized carbons (Fsp3) is 0.667. The summed E-state index contributed by atoms with van der Waals surface area (Å²) in [6.45, 7) is 2.59. The summed E-state index contributed by atoms with van der Waals surface area (Å²) in [6, 6.07) is 7.13. The van der Waals surface area contributed by atoms with E-state index in [0.717, 1.165) is 38.0 Å². The van der Waals surface area contributed by atoms with Gasteiger partial charge in [0, 0.05) is 38.4 Å². The number of urea groups is 1. The molecule has 1 saturated heterocycles. The lowest BCUT2D eigenvalue weighted by Crippen LogP contribution is -2.45. The Kier molecular flexibility index (Phi) is 6.75. The zero-order valence-corrected chi connectivity index (χ0v) is 15.9. The maximum absolute atomic E-state index is 13.1. The summed E-state index contributed by atoms with van der Waals surface area (Å²) < 4.78 is 13.1. The van der Waals surface area contributed by atoms with Crippen molar-refractivity contribution in [2.75, 3.05) is 31.6 Å². The van der Waals surface area contributed by atoms with E-state index in [0.29, 0.717) is 18.5 Å². The number of nitrogens with zero attached hydrogens (tertiary/aromatic N) is 2. The Hall–Kier alpha value is -1.78. The van der Waals surface area contributed by atoms with Gasteiger partial charge in [-0.25, -0.2) is 9.18 Å². The first kappa shape index (κ1) is 19.0. The molecule has 1 aromatic rings. The molecular weight excluding hydrogens is 329 g/mol. The highest BCUT2D eigenvalue weighted by atomic mass is 19.1. The second-order valence-corrected chi connectivity index (χ2v) is 7.87. The average molecular weight is 362 g/mol. The lowest BCUT2D eigenvalue weighted by Gasteiger charge is -2.30. The topological polar surface area (TPSA) is 35.6 Å². The molecule has 1 aromatic carbocycles. The molecule has 2 fully saturated rings. The number of amides is 2. The van der Waals surface area contributed by atoms with Crippen molar-refractivity contribution in [1.29, 1.82) is 0 Å². The van der Waals surface area contributed by atoms with Crippen LogP contribution in [0, 0.1) is 11.7 Å². The van der Waals surface area contributed by atoms with Crippen molar-refractivity contribution in [3.63, 3.8) is 0 Å². The predicted octanol–water partition coefficient (Wildman–Crippen LogP) is 4.41. The number of hydrogen-bond acceptors (Lipinski definition) is 2. The number of anilines is 1. The van der Waals surface area contributed by atoms with Gasteiger partial charge in [-0.1, -0.05) is 32.1 Å². The number of nitrogens with one attached hydrogen (secondary N) is 1. The van der Waals surface area contributed by atoms with Crippen molar-refractivity contribution in [2.45, 2.75) is 57.4 Å². The van der Waals surface area contributed by atoms with E-state index in [1.807, 2.05) is 24.1 Å². The van der Waals surface area contributed by atoms with E-state index < -0.39 is 0 Å². The summed E-state index contributed by atoms with van der Waals surface area (Å²) in [7, 11) is 1.95. The molecule has 144 valence electrons. The number of benzene rings is 1. The SMILES string of the molecule is CN(C(=O)NCC1CCN(c2ccc(F)cc2)C1)C1CCCCCCC1. The fourth-order valence-corrected chi connectivity index (χ4v) is 4.23. The highest BCUT2D eigenvalue weighted by Gasteiger charge is 2.25. The molecule has 1 aliphatic heterocycles. The Balaban J connectivity index is 1.43. The van der Waals surface area contributed by atoms with Crippen molar-refractivity contribution in [2.24, 2.45) is 5.92 Å². The third-order valence-electron chi connectivity index (χ3n) is 5.96. The smallest absolute Gasteiger partial charge is 0.317 e. The Morgan fingerprint density at radius 3 is 2.46 bits per heavy atom. The fourth-order valence-electron chi connectivity index (χ4n) is 4.23. The maximum atomic E-state index is 13.1. The molecule has 1 atom stereocenters. The molecule has 1 unspecified atom stereocenters. The standard InChI is InChI=1S/C21H32FN3O/c1-24(19-7-5-3-2-4-6-8-19)21(26)23-15-17-13-14-25(16-17)20-11-9-18(22)10-12-20/h9-12,17,19H,2-8,13-16H2,1H3,(H,23,26). The van der Waals surface area contributed by atoms with Gasteiger partial charge >= 0.3 is 6.03 Å². The quantitative estimate of drug-likeness (QED) is 0.862. The van der Waals surface area contributed by atoms with E-state index >= 15 is 0 Å². The normalized spacial score (nSPS) is 21.9. The van der Waals surface area contributed by atoms with Crippen LogP contribution in [0.25, 0.3) is 0 Å². The zero-order valence-electron chi connectivity index (χ0n) is 15.9. The number of halogens is 1. The monoisotopic (exact) mass is 361 g/mol. The van der Waals surface area contributed by atoms with Crippen LogP contribution in [-0.4, -0.2) is 43.7 Å². The Morgan fingerprint density at radius 1 is 1.12 bits per heavy atom. The van der Waals surface area contributed by atoms with Crippen LogP contribution >= 0.6 is 0 Å². The van der Waals surface area contributed by atoms with Crippen LogP contribution in [0.4, 0.5) is 14.9 Å². The number of rotatable bonds is 4. The number of carbonyl (C=O) groups is 1. The predicted molar refractivity (Wildman–Crippen MR) is 104 cm³/mol. The Bertz CT molecular complexity index is 569. The lowest BCUT2D eigenvalue weighted by molar-refractivity contribution is 0.177. The zero-order chi connectivity index (χ0) is 18.4. The molecule has 0 radical (unpaired) electrons. The molecule has 1 N–H and O–H groups in total. The summed E-state index contributed by atoms with van der Waals surface area (Å²) in [4.78, 5) is 16.7. The Labute approximate surface area is 156 Å². The lowest BCUT2D eigenvalue weighted by atomic mass is 9.96. The minimum absolute atomic E-state index is 0.0656. The molecule has 26 heavy (non-hydrogen) atoms. The van der Waals surface area contributed by atoms with Gasteiger partial charge < -0.3 is 15.1 Å². The molecule has 0 spiro atoms. The van der Waals surface area contributed by atoms with E-state index in [4.69, 9.17) is 0 Å². The summed E-state index contributed by atoms with van der Waals surface area (Å²) in [6.07, 6.45) is 9.73. The maximum Gasteiger partial charge on any atom is 0.317 e. The first-order chi connectivity index (χ1) is 12.6.